The van der Waals surface area contributed by atoms with Crippen molar-refractivity contribution in [2.24, 2.45) is 0 Å². The molecule has 9 nitrogen and oxygen atoms in total. The van der Waals surface area contributed by atoms with Crippen LogP contribution in [0.5, 0.6) is 11.5 Å². The normalized spacial score (nSPS) is 15.9. The molecule has 1 aromatic heterocycles. The smallest absolute Gasteiger partial charge is 0.271 e. The van der Waals surface area contributed by atoms with Gasteiger partial charge in [0.05, 0.1) is 20.8 Å². The predicted octanol–water partition coefficient (Wildman–Crippen LogP) is 3.36. The van der Waals surface area contributed by atoms with Gasteiger partial charge < -0.3 is 19.7 Å². The van der Waals surface area contributed by atoms with Gasteiger partial charge in [0.1, 0.15) is 35.3 Å². The summed E-state index contributed by atoms with van der Waals surface area (Å²) in [5, 5.41) is 3.18. The van der Waals surface area contributed by atoms with Gasteiger partial charge in [0.25, 0.3) is 10.0 Å². The number of methoxy groups -OCH3 is 2. The number of likely N-dealkylation sites (N-methyl/N-ethyl adjacent to an activating group) is 1. The highest BCUT2D eigenvalue weighted by molar-refractivity contribution is 7.92. The molecule has 1 N–H and O–H groups in total. The molecule has 1 aliphatic heterocycles. The number of sulfonamides is 1. The molecule has 1 saturated heterocycles. The quantitative estimate of drug-likeness (QED) is 0.447. The SMILES string of the molecule is CNC1CCCN(c2cc(F)c(S(=O)(=O)N(Cc3ccc(OC)cc3OC)c3ccncn3)c(F)c2)C1. The number of piperidine rings is 1. The molecule has 198 valence electrons. The van der Waals surface area contributed by atoms with Crippen molar-refractivity contribution in [1.29, 1.82) is 0 Å². The van der Waals surface area contributed by atoms with Crippen molar-refractivity contribution in [1.82, 2.24) is 15.3 Å². The third-order valence-corrected chi connectivity index (χ3v) is 8.16. The van der Waals surface area contributed by atoms with Crippen molar-refractivity contribution >= 4 is 21.5 Å². The highest BCUT2D eigenvalue weighted by atomic mass is 32.2. The maximum atomic E-state index is 15.4. The van der Waals surface area contributed by atoms with Crippen molar-refractivity contribution in [2.45, 2.75) is 30.3 Å². The number of benzene rings is 2. The Bertz CT molecular complexity index is 1320. The number of nitrogens with zero attached hydrogens (tertiary/aromatic N) is 4. The first-order valence-corrected chi connectivity index (χ1v) is 13.1. The Labute approximate surface area is 215 Å². The second-order valence-electron chi connectivity index (χ2n) is 8.57. The number of rotatable bonds is 9. The zero-order valence-corrected chi connectivity index (χ0v) is 21.6. The van der Waals surface area contributed by atoms with E-state index in [0.717, 1.165) is 35.6 Å². The molecule has 2 heterocycles. The molecule has 0 aliphatic carbocycles. The topological polar surface area (TPSA) is 96.9 Å². The van der Waals surface area contributed by atoms with Crippen LogP contribution in [-0.4, -0.2) is 58.8 Å². The Hall–Kier alpha value is -3.51. The fraction of sp³-hybridized carbons (Fsp3) is 0.360. The molecule has 3 aromatic rings. The summed E-state index contributed by atoms with van der Waals surface area (Å²) in [5.41, 5.74) is 0.730. The number of nitrogens with one attached hydrogen (secondary N) is 1. The maximum absolute atomic E-state index is 15.4. The van der Waals surface area contributed by atoms with Gasteiger partial charge in [-0.2, -0.15) is 0 Å². The van der Waals surface area contributed by atoms with Gasteiger partial charge in [-0.15, -0.1) is 0 Å². The van der Waals surface area contributed by atoms with Crippen LogP contribution in [0.2, 0.25) is 0 Å². The van der Waals surface area contributed by atoms with Crippen LogP contribution in [0.15, 0.2) is 53.8 Å². The molecule has 0 radical (unpaired) electrons. The number of anilines is 2. The molecule has 1 unspecified atom stereocenters. The molecule has 1 atom stereocenters. The summed E-state index contributed by atoms with van der Waals surface area (Å²) in [6, 6.07) is 8.51. The standard InChI is InChI=1S/C25H29F2N5O4S/c1-28-18-5-4-10-31(15-18)19-11-21(26)25(22(27)12-19)37(33,34)32(24-8-9-29-16-30-24)14-17-6-7-20(35-2)13-23(17)36-3/h6-9,11-13,16,18,28H,4-5,10,14-15H2,1-3H3. The summed E-state index contributed by atoms with van der Waals surface area (Å²) in [5.74, 6) is -1.56. The van der Waals surface area contributed by atoms with Crippen molar-refractivity contribution in [3.63, 3.8) is 0 Å². The van der Waals surface area contributed by atoms with E-state index in [4.69, 9.17) is 9.47 Å². The first-order chi connectivity index (χ1) is 17.8. The zero-order chi connectivity index (χ0) is 26.6. The van der Waals surface area contributed by atoms with E-state index >= 15 is 8.78 Å². The lowest BCUT2D eigenvalue weighted by molar-refractivity contribution is 0.391. The van der Waals surface area contributed by atoms with E-state index < -0.39 is 26.6 Å². The highest BCUT2D eigenvalue weighted by Crippen LogP contribution is 2.33. The highest BCUT2D eigenvalue weighted by Gasteiger charge is 2.34. The van der Waals surface area contributed by atoms with E-state index in [1.807, 2.05) is 11.9 Å². The number of hydrogen-bond acceptors (Lipinski definition) is 8. The molecule has 2 aromatic carbocycles. The minimum atomic E-state index is -4.74. The molecule has 12 heteroatoms. The third-order valence-electron chi connectivity index (χ3n) is 6.36. The van der Waals surface area contributed by atoms with Gasteiger partial charge in [-0.1, -0.05) is 0 Å². The van der Waals surface area contributed by atoms with Crippen LogP contribution in [0.3, 0.4) is 0 Å². The molecule has 0 spiro atoms. The lowest BCUT2D eigenvalue weighted by atomic mass is 10.1. The van der Waals surface area contributed by atoms with E-state index in [9.17, 15) is 8.42 Å². The molecule has 4 rings (SSSR count). The van der Waals surface area contributed by atoms with Gasteiger partial charge in [0.15, 0.2) is 4.90 Å². The largest absolute Gasteiger partial charge is 0.497 e. The lowest BCUT2D eigenvalue weighted by Gasteiger charge is -2.34. The van der Waals surface area contributed by atoms with Gasteiger partial charge in [0.2, 0.25) is 0 Å². The van der Waals surface area contributed by atoms with Crippen LogP contribution in [0.25, 0.3) is 0 Å². The Morgan fingerprint density at radius 2 is 1.89 bits per heavy atom. The molecule has 0 saturated carbocycles. The summed E-state index contributed by atoms with van der Waals surface area (Å²) < 4.78 is 69.9. The van der Waals surface area contributed by atoms with Crippen molar-refractivity contribution < 1.29 is 26.7 Å². The van der Waals surface area contributed by atoms with E-state index in [1.54, 1.807) is 18.2 Å². The summed E-state index contributed by atoms with van der Waals surface area (Å²) in [6.07, 6.45) is 4.31. The van der Waals surface area contributed by atoms with Crippen molar-refractivity contribution in [3.8, 4) is 11.5 Å². The zero-order valence-electron chi connectivity index (χ0n) is 20.8. The fourth-order valence-electron chi connectivity index (χ4n) is 4.39. The molecular formula is C25H29F2N5O4S. The Morgan fingerprint density at radius 1 is 1.14 bits per heavy atom. The molecule has 37 heavy (non-hydrogen) atoms. The minimum absolute atomic E-state index is 0.0522. The van der Waals surface area contributed by atoms with Crippen molar-refractivity contribution in [3.05, 3.63) is 66.1 Å². The summed E-state index contributed by atoms with van der Waals surface area (Å²) in [7, 11) is 0.0158. The predicted molar refractivity (Wildman–Crippen MR) is 136 cm³/mol. The fourth-order valence-corrected chi connectivity index (χ4v) is 5.88. The van der Waals surface area contributed by atoms with Gasteiger partial charge in [-0.05, 0) is 44.2 Å². The third kappa shape index (κ3) is 5.59. The monoisotopic (exact) mass is 533 g/mol. The van der Waals surface area contributed by atoms with E-state index in [1.165, 1.54) is 26.5 Å². The average molecular weight is 534 g/mol. The first-order valence-electron chi connectivity index (χ1n) is 11.7. The van der Waals surface area contributed by atoms with Gasteiger partial charge in [0, 0.05) is 48.7 Å². The summed E-state index contributed by atoms with van der Waals surface area (Å²) in [6.45, 7) is 0.877. The van der Waals surface area contributed by atoms with E-state index in [2.05, 4.69) is 15.3 Å². The van der Waals surface area contributed by atoms with Gasteiger partial charge >= 0.3 is 0 Å². The van der Waals surface area contributed by atoms with Crippen LogP contribution in [0.4, 0.5) is 20.3 Å². The van der Waals surface area contributed by atoms with Crippen LogP contribution in [-0.2, 0) is 16.6 Å². The van der Waals surface area contributed by atoms with Gasteiger partial charge in [-0.25, -0.2) is 31.5 Å². The maximum Gasteiger partial charge on any atom is 0.271 e. The second-order valence-corrected chi connectivity index (χ2v) is 10.4. The van der Waals surface area contributed by atoms with E-state index in [0.29, 0.717) is 35.8 Å². The van der Waals surface area contributed by atoms with Gasteiger partial charge in [-0.3, -0.25) is 0 Å². The second kappa shape index (κ2) is 11.3. The van der Waals surface area contributed by atoms with Crippen molar-refractivity contribution in [2.75, 3.05) is 43.6 Å². The van der Waals surface area contributed by atoms with E-state index in [-0.39, 0.29) is 18.4 Å². The number of halogens is 2. The van der Waals surface area contributed by atoms with Crippen LogP contribution < -0.4 is 24.0 Å². The minimum Gasteiger partial charge on any atom is -0.497 e. The number of aromatic nitrogens is 2. The van der Waals surface area contributed by atoms with Crippen LogP contribution in [0.1, 0.15) is 18.4 Å². The van der Waals surface area contributed by atoms with Crippen LogP contribution >= 0.6 is 0 Å². The lowest BCUT2D eigenvalue weighted by Crippen LogP contribution is -2.44. The Morgan fingerprint density at radius 3 is 2.51 bits per heavy atom. The molecule has 1 fully saturated rings. The first kappa shape index (κ1) is 26.6. The summed E-state index contributed by atoms with van der Waals surface area (Å²) >= 11 is 0. The number of hydrogen-bond donors (Lipinski definition) is 1. The molecular weight excluding hydrogens is 504 g/mol. The molecule has 0 amide bonds. The molecule has 0 bridgehead atoms. The number of ether oxygens (including phenoxy) is 2. The average Bonchev–Trinajstić information content (AvgIpc) is 2.91. The Balaban J connectivity index is 1.76. The summed E-state index contributed by atoms with van der Waals surface area (Å²) in [4.78, 5) is 8.65. The molecule has 1 aliphatic rings. The van der Waals surface area contributed by atoms with Crippen LogP contribution in [0, 0.1) is 11.6 Å². The Kier molecular flexibility index (Phi) is 8.08.